The van der Waals surface area contributed by atoms with Crippen LogP contribution in [-0.4, -0.2) is 0 Å². The molecule has 0 bridgehead atoms. The van der Waals surface area contributed by atoms with Gasteiger partial charge >= 0.3 is 0 Å². The summed E-state index contributed by atoms with van der Waals surface area (Å²) in [5.74, 6) is -0.136. The van der Waals surface area contributed by atoms with E-state index in [1.165, 1.54) is 12.1 Å². The molecule has 90 valence electrons. The van der Waals surface area contributed by atoms with E-state index in [2.05, 4.69) is 22.6 Å². The third-order valence-corrected chi connectivity index (χ3v) is 3.10. The third-order valence-electron chi connectivity index (χ3n) is 2.38. The fraction of sp³-hybridized carbons (Fsp3) is 0.0714. The molecule has 0 saturated heterocycles. The number of nitriles is 1. The van der Waals surface area contributed by atoms with Crippen molar-refractivity contribution in [2.45, 2.75) is 6.61 Å². The Labute approximate surface area is 118 Å². The van der Waals surface area contributed by atoms with Crippen molar-refractivity contribution >= 4 is 22.6 Å². The lowest BCUT2D eigenvalue weighted by Crippen LogP contribution is -1.96. The summed E-state index contributed by atoms with van der Waals surface area (Å²) < 4.78 is 19.9. The van der Waals surface area contributed by atoms with Crippen molar-refractivity contribution in [3.8, 4) is 11.8 Å². The van der Waals surface area contributed by atoms with Crippen LogP contribution in [-0.2, 0) is 6.61 Å². The van der Waals surface area contributed by atoms with Crippen molar-refractivity contribution in [3.63, 3.8) is 0 Å². The highest BCUT2D eigenvalue weighted by Crippen LogP contribution is 2.17. The Kier molecular flexibility index (Phi) is 4.15. The topological polar surface area (TPSA) is 33.0 Å². The second-order valence-electron chi connectivity index (χ2n) is 3.67. The zero-order valence-corrected chi connectivity index (χ0v) is 11.5. The van der Waals surface area contributed by atoms with Crippen molar-refractivity contribution < 1.29 is 9.13 Å². The van der Waals surface area contributed by atoms with Gasteiger partial charge < -0.3 is 4.74 Å². The average molecular weight is 353 g/mol. The van der Waals surface area contributed by atoms with Crippen LogP contribution in [0, 0.1) is 20.7 Å². The van der Waals surface area contributed by atoms with Crippen molar-refractivity contribution in [2.75, 3.05) is 0 Å². The Hall–Kier alpha value is -1.61. The summed E-state index contributed by atoms with van der Waals surface area (Å²) >= 11 is 2.23. The van der Waals surface area contributed by atoms with Gasteiger partial charge in [0.1, 0.15) is 24.2 Å². The highest BCUT2D eigenvalue weighted by atomic mass is 127. The third kappa shape index (κ3) is 3.20. The van der Waals surface area contributed by atoms with Crippen molar-refractivity contribution in [3.05, 3.63) is 63.0 Å². The van der Waals surface area contributed by atoms with Crippen LogP contribution in [0.15, 0.2) is 42.5 Å². The zero-order valence-electron chi connectivity index (χ0n) is 9.36. The number of ether oxygens (including phenoxy) is 1. The van der Waals surface area contributed by atoms with Gasteiger partial charge in [-0.3, -0.25) is 0 Å². The lowest BCUT2D eigenvalue weighted by molar-refractivity contribution is 0.304. The number of rotatable bonds is 3. The molecule has 4 heteroatoms. The lowest BCUT2D eigenvalue weighted by atomic mass is 10.2. The molecule has 0 N–H and O–H groups in total. The predicted octanol–water partition coefficient (Wildman–Crippen LogP) is 3.88. The second-order valence-corrected chi connectivity index (χ2v) is 4.91. The van der Waals surface area contributed by atoms with Crippen LogP contribution >= 0.6 is 22.6 Å². The summed E-state index contributed by atoms with van der Waals surface area (Å²) in [4.78, 5) is 0. The Morgan fingerprint density at radius 3 is 2.50 bits per heavy atom. The molecule has 0 spiro atoms. The first-order chi connectivity index (χ1) is 8.69. The molecule has 0 saturated carbocycles. The molecule has 0 aliphatic heterocycles. The first-order valence-electron chi connectivity index (χ1n) is 5.26. The monoisotopic (exact) mass is 353 g/mol. The fourth-order valence-electron chi connectivity index (χ4n) is 1.42. The summed E-state index contributed by atoms with van der Waals surface area (Å²) in [6, 6.07) is 13.9. The van der Waals surface area contributed by atoms with Crippen molar-refractivity contribution in [2.24, 2.45) is 0 Å². The molecule has 0 fully saturated rings. The molecule has 18 heavy (non-hydrogen) atoms. The molecule has 2 rings (SSSR count). The standard InChI is InChI=1S/C14H9FINO/c15-14-7-13(6-3-11(14)8-17)18-9-10-1-4-12(16)5-2-10/h1-7H,9H2. The first kappa shape index (κ1) is 12.8. The maximum Gasteiger partial charge on any atom is 0.144 e. The molecule has 0 aromatic heterocycles. The van der Waals surface area contributed by atoms with Crippen molar-refractivity contribution in [1.82, 2.24) is 0 Å². The Bertz CT molecular complexity index is 590. The Morgan fingerprint density at radius 2 is 1.89 bits per heavy atom. The molecule has 0 amide bonds. The van der Waals surface area contributed by atoms with Gasteiger partial charge in [-0.05, 0) is 52.4 Å². The van der Waals surface area contributed by atoms with Crippen LogP contribution in [0.4, 0.5) is 4.39 Å². The smallest absolute Gasteiger partial charge is 0.144 e. The maximum atomic E-state index is 13.3. The van der Waals surface area contributed by atoms with Crippen LogP contribution < -0.4 is 4.74 Å². The quantitative estimate of drug-likeness (QED) is 0.785. The highest BCUT2D eigenvalue weighted by molar-refractivity contribution is 14.1. The van der Waals surface area contributed by atoms with Crippen LogP contribution in [0.2, 0.25) is 0 Å². The van der Waals surface area contributed by atoms with E-state index >= 15 is 0 Å². The van der Waals surface area contributed by atoms with E-state index in [-0.39, 0.29) is 5.56 Å². The average Bonchev–Trinajstić information content (AvgIpc) is 2.38. The second kappa shape index (κ2) is 5.83. The number of halogens is 2. The van der Waals surface area contributed by atoms with Gasteiger partial charge in [0.2, 0.25) is 0 Å². The summed E-state index contributed by atoms with van der Waals surface area (Å²) in [6.07, 6.45) is 0. The largest absolute Gasteiger partial charge is 0.489 e. The van der Waals surface area contributed by atoms with E-state index in [0.29, 0.717) is 12.4 Å². The molecule has 2 aromatic rings. The number of hydrogen-bond donors (Lipinski definition) is 0. The van der Waals surface area contributed by atoms with Crippen LogP contribution in [0.3, 0.4) is 0 Å². The molecule has 0 aliphatic carbocycles. The molecular formula is C14H9FINO. The Balaban J connectivity index is 2.04. The summed E-state index contributed by atoms with van der Waals surface area (Å²) in [5, 5.41) is 8.61. The fourth-order valence-corrected chi connectivity index (χ4v) is 1.78. The molecule has 0 radical (unpaired) electrons. The summed E-state index contributed by atoms with van der Waals surface area (Å²) in [5.41, 5.74) is 1.04. The SMILES string of the molecule is N#Cc1ccc(OCc2ccc(I)cc2)cc1F. The van der Waals surface area contributed by atoms with Gasteiger partial charge in [-0.1, -0.05) is 12.1 Å². The predicted molar refractivity (Wildman–Crippen MR) is 74.6 cm³/mol. The van der Waals surface area contributed by atoms with E-state index in [1.54, 1.807) is 12.1 Å². The van der Waals surface area contributed by atoms with E-state index in [0.717, 1.165) is 9.13 Å². The lowest BCUT2D eigenvalue weighted by Gasteiger charge is -2.06. The van der Waals surface area contributed by atoms with Gasteiger partial charge in [-0.15, -0.1) is 0 Å². The minimum Gasteiger partial charge on any atom is -0.489 e. The van der Waals surface area contributed by atoms with Gasteiger partial charge in [0.25, 0.3) is 0 Å². The number of benzene rings is 2. The highest BCUT2D eigenvalue weighted by Gasteiger charge is 2.03. The molecule has 2 aromatic carbocycles. The van der Waals surface area contributed by atoms with Gasteiger partial charge in [0, 0.05) is 9.64 Å². The molecular weight excluding hydrogens is 344 g/mol. The van der Waals surface area contributed by atoms with Crippen LogP contribution in [0.25, 0.3) is 0 Å². The molecule has 0 unspecified atom stereocenters. The maximum absolute atomic E-state index is 13.3. The molecule has 2 nitrogen and oxygen atoms in total. The van der Waals surface area contributed by atoms with Gasteiger partial charge in [-0.2, -0.15) is 5.26 Å². The molecule has 0 atom stereocenters. The molecule has 0 heterocycles. The number of nitrogens with zero attached hydrogens (tertiary/aromatic N) is 1. The van der Waals surface area contributed by atoms with E-state index < -0.39 is 5.82 Å². The molecule has 0 aliphatic rings. The van der Waals surface area contributed by atoms with Crippen LogP contribution in [0.1, 0.15) is 11.1 Å². The minimum atomic E-state index is -0.558. The van der Waals surface area contributed by atoms with E-state index in [9.17, 15) is 4.39 Å². The van der Waals surface area contributed by atoms with E-state index in [1.807, 2.05) is 24.3 Å². The van der Waals surface area contributed by atoms with Crippen LogP contribution in [0.5, 0.6) is 5.75 Å². The van der Waals surface area contributed by atoms with Gasteiger partial charge in [0.05, 0.1) is 5.56 Å². The first-order valence-corrected chi connectivity index (χ1v) is 6.34. The van der Waals surface area contributed by atoms with Gasteiger partial charge in [-0.25, -0.2) is 4.39 Å². The number of hydrogen-bond acceptors (Lipinski definition) is 2. The zero-order chi connectivity index (χ0) is 13.0. The van der Waals surface area contributed by atoms with Crippen molar-refractivity contribution in [1.29, 1.82) is 5.26 Å². The van der Waals surface area contributed by atoms with E-state index in [4.69, 9.17) is 10.00 Å². The normalized spacial score (nSPS) is 9.83. The Morgan fingerprint density at radius 1 is 1.17 bits per heavy atom. The summed E-state index contributed by atoms with van der Waals surface area (Å²) in [7, 11) is 0. The minimum absolute atomic E-state index is 0.0246. The van der Waals surface area contributed by atoms with Gasteiger partial charge in [0.15, 0.2) is 0 Å². The summed E-state index contributed by atoms with van der Waals surface area (Å²) in [6.45, 7) is 0.377.